The number of halogens is 1. The predicted octanol–water partition coefficient (Wildman–Crippen LogP) is 0.508. The summed E-state index contributed by atoms with van der Waals surface area (Å²) < 4.78 is 12.3. The van der Waals surface area contributed by atoms with Crippen molar-refractivity contribution in [1.29, 1.82) is 0 Å². The van der Waals surface area contributed by atoms with Crippen molar-refractivity contribution in [3.8, 4) is 0 Å². The maximum atomic E-state index is 12.3. The van der Waals surface area contributed by atoms with E-state index in [1.807, 2.05) is 0 Å². The number of rotatable bonds is 3. The first-order valence-electron chi connectivity index (χ1n) is 3.84. The molecule has 4 nitrogen and oxygen atoms in total. The molecule has 0 saturated heterocycles. The third-order valence-corrected chi connectivity index (χ3v) is 1.38. The molecule has 13 heavy (non-hydrogen) atoms. The minimum Gasteiger partial charge on any atom is -0.330 e. The van der Waals surface area contributed by atoms with Crippen molar-refractivity contribution in [3.63, 3.8) is 0 Å². The second kappa shape index (κ2) is 4.51. The fourth-order valence-corrected chi connectivity index (χ4v) is 0.804. The van der Waals surface area contributed by atoms with E-state index >= 15 is 0 Å². The first-order chi connectivity index (χ1) is 6.22. The van der Waals surface area contributed by atoms with Crippen molar-refractivity contribution >= 4 is 11.6 Å². The lowest BCUT2D eigenvalue weighted by Gasteiger charge is -2.02. The molecule has 0 spiro atoms. The molecule has 3 N–H and O–H groups in total. The van der Waals surface area contributed by atoms with Gasteiger partial charge in [0.15, 0.2) is 0 Å². The largest absolute Gasteiger partial charge is 0.330 e. The molecule has 1 rings (SSSR count). The van der Waals surface area contributed by atoms with Crippen LogP contribution in [-0.4, -0.2) is 17.4 Å². The van der Waals surface area contributed by atoms with Crippen molar-refractivity contribution in [3.05, 3.63) is 24.3 Å². The number of nitrogens with one attached hydrogen (secondary N) is 1. The average molecular weight is 183 g/mol. The molecule has 0 aliphatic rings. The van der Waals surface area contributed by atoms with Crippen LogP contribution >= 0.6 is 0 Å². The molecule has 0 fully saturated rings. The Labute approximate surface area is 75.0 Å². The molecule has 0 aliphatic carbocycles. The molecule has 0 radical (unpaired) electrons. The standard InChI is InChI=1S/C8H10FN3O/c9-7-2-1-6(5-11-7)12-8(13)3-4-10/h1-2,5H,3-4,10H2,(H,12,13). The molecular formula is C8H10FN3O. The number of hydrogen-bond acceptors (Lipinski definition) is 3. The smallest absolute Gasteiger partial charge is 0.225 e. The van der Waals surface area contributed by atoms with Gasteiger partial charge in [-0.2, -0.15) is 4.39 Å². The van der Waals surface area contributed by atoms with E-state index in [0.717, 1.165) is 0 Å². The van der Waals surface area contributed by atoms with E-state index in [1.54, 1.807) is 0 Å². The van der Waals surface area contributed by atoms with Crippen LogP contribution < -0.4 is 11.1 Å². The molecule has 1 heterocycles. The van der Waals surface area contributed by atoms with Gasteiger partial charge >= 0.3 is 0 Å². The summed E-state index contributed by atoms with van der Waals surface area (Å²) >= 11 is 0. The van der Waals surface area contributed by atoms with E-state index in [4.69, 9.17) is 5.73 Å². The molecule has 1 amide bonds. The van der Waals surface area contributed by atoms with Crippen LogP contribution in [0.1, 0.15) is 6.42 Å². The third kappa shape index (κ3) is 3.16. The second-order valence-corrected chi connectivity index (χ2v) is 2.46. The summed E-state index contributed by atoms with van der Waals surface area (Å²) in [6.45, 7) is 0.292. The second-order valence-electron chi connectivity index (χ2n) is 2.46. The molecular weight excluding hydrogens is 173 g/mol. The van der Waals surface area contributed by atoms with E-state index in [2.05, 4.69) is 10.3 Å². The van der Waals surface area contributed by atoms with E-state index in [9.17, 15) is 9.18 Å². The third-order valence-electron chi connectivity index (χ3n) is 1.38. The minimum absolute atomic E-state index is 0.198. The number of amides is 1. The summed E-state index contributed by atoms with van der Waals surface area (Å²) in [6, 6.07) is 2.62. The van der Waals surface area contributed by atoms with Gasteiger partial charge in [-0.3, -0.25) is 4.79 Å². The SMILES string of the molecule is NCCC(=O)Nc1ccc(F)nc1. The fraction of sp³-hybridized carbons (Fsp3) is 0.250. The lowest BCUT2D eigenvalue weighted by molar-refractivity contribution is -0.116. The molecule has 5 heteroatoms. The summed E-state index contributed by atoms with van der Waals surface area (Å²) in [6.07, 6.45) is 1.50. The number of pyridine rings is 1. The fourth-order valence-electron chi connectivity index (χ4n) is 0.804. The highest BCUT2D eigenvalue weighted by molar-refractivity contribution is 5.90. The quantitative estimate of drug-likeness (QED) is 0.671. The minimum atomic E-state index is -0.572. The number of carbonyl (C=O) groups is 1. The molecule has 0 aliphatic heterocycles. The number of aromatic nitrogens is 1. The van der Waals surface area contributed by atoms with Crippen LogP contribution in [0, 0.1) is 5.95 Å². The Hall–Kier alpha value is -1.49. The molecule has 0 aromatic carbocycles. The van der Waals surface area contributed by atoms with Gasteiger partial charge in [-0.1, -0.05) is 0 Å². The Balaban J connectivity index is 2.54. The van der Waals surface area contributed by atoms with Crippen LogP contribution in [0.3, 0.4) is 0 Å². The lowest BCUT2D eigenvalue weighted by Crippen LogP contribution is -2.16. The van der Waals surface area contributed by atoms with Crippen molar-refractivity contribution < 1.29 is 9.18 Å². The summed E-state index contributed by atoms with van der Waals surface area (Å²) in [4.78, 5) is 14.4. The first kappa shape index (κ1) is 9.60. The molecule has 0 saturated carbocycles. The zero-order chi connectivity index (χ0) is 9.68. The lowest BCUT2D eigenvalue weighted by atomic mass is 10.3. The van der Waals surface area contributed by atoms with Gasteiger partial charge in [0, 0.05) is 13.0 Å². The van der Waals surface area contributed by atoms with Crippen molar-refractivity contribution in [2.45, 2.75) is 6.42 Å². The Kier molecular flexibility index (Phi) is 3.33. The molecule has 1 aromatic heterocycles. The Morgan fingerprint density at radius 3 is 2.92 bits per heavy atom. The molecule has 70 valence electrons. The topological polar surface area (TPSA) is 68.0 Å². The van der Waals surface area contributed by atoms with Crippen LogP contribution in [0.5, 0.6) is 0 Å². The number of anilines is 1. The number of nitrogens with two attached hydrogens (primary N) is 1. The normalized spacial score (nSPS) is 9.69. The summed E-state index contributed by atoms with van der Waals surface area (Å²) in [5, 5.41) is 2.52. The molecule has 0 bridgehead atoms. The van der Waals surface area contributed by atoms with E-state index in [0.29, 0.717) is 12.2 Å². The molecule has 0 unspecified atom stereocenters. The van der Waals surface area contributed by atoms with Crippen molar-refractivity contribution in [1.82, 2.24) is 4.98 Å². The zero-order valence-electron chi connectivity index (χ0n) is 6.96. The number of nitrogens with zero attached hydrogens (tertiary/aromatic N) is 1. The maximum Gasteiger partial charge on any atom is 0.225 e. The summed E-state index contributed by atoms with van der Waals surface area (Å²) in [7, 11) is 0. The van der Waals surface area contributed by atoms with Crippen LogP contribution in [-0.2, 0) is 4.79 Å². The van der Waals surface area contributed by atoms with Gasteiger partial charge in [-0.15, -0.1) is 0 Å². The van der Waals surface area contributed by atoms with Crippen molar-refractivity contribution in [2.75, 3.05) is 11.9 Å². The van der Waals surface area contributed by atoms with Crippen LogP contribution in [0.4, 0.5) is 10.1 Å². The van der Waals surface area contributed by atoms with E-state index < -0.39 is 5.95 Å². The monoisotopic (exact) mass is 183 g/mol. The van der Waals surface area contributed by atoms with Gasteiger partial charge in [0.25, 0.3) is 0 Å². The van der Waals surface area contributed by atoms with Gasteiger partial charge in [0.05, 0.1) is 11.9 Å². The van der Waals surface area contributed by atoms with E-state index in [-0.39, 0.29) is 12.3 Å². The van der Waals surface area contributed by atoms with Gasteiger partial charge in [-0.05, 0) is 12.1 Å². The number of carbonyl (C=O) groups excluding carboxylic acids is 1. The molecule has 0 atom stereocenters. The highest BCUT2D eigenvalue weighted by atomic mass is 19.1. The zero-order valence-corrected chi connectivity index (χ0v) is 6.96. The Bertz CT molecular complexity index is 286. The van der Waals surface area contributed by atoms with Crippen molar-refractivity contribution in [2.24, 2.45) is 5.73 Å². The summed E-state index contributed by atoms with van der Waals surface area (Å²) in [5.74, 6) is -0.771. The van der Waals surface area contributed by atoms with Gasteiger partial charge in [0.2, 0.25) is 11.9 Å². The first-order valence-corrected chi connectivity index (χ1v) is 3.84. The Morgan fingerprint density at radius 2 is 2.38 bits per heavy atom. The van der Waals surface area contributed by atoms with Gasteiger partial charge in [-0.25, -0.2) is 4.98 Å². The molecule has 1 aromatic rings. The van der Waals surface area contributed by atoms with Crippen LogP contribution in [0.2, 0.25) is 0 Å². The van der Waals surface area contributed by atoms with E-state index in [1.165, 1.54) is 18.3 Å². The Morgan fingerprint density at radius 1 is 1.62 bits per heavy atom. The average Bonchev–Trinajstić information content (AvgIpc) is 2.09. The van der Waals surface area contributed by atoms with Crippen LogP contribution in [0.15, 0.2) is 18.3 Å². The predicted molar refractivity (Wildman–Crippen MR) is 46.5 cm³/mol. The highest BCUT2D eigenvalue weighted by Crippen LogP contribution is 2.04. The van der Waals surface area contributed by atoms with Gasteiger partial charge in [0.1, 0.15) is 0 Å². The van der Waals surface area contributed by atoms with Crippen LogP contribution in [0.25, 0.3) is 0 Å². The summed E-state index contributed by atoms with van der Waals surface area (Å²) in [5.41, 5.74) is 5.64. The maximum absolute atomic E-state index is 12.3. The highest BCUT2D eigenvalue weighted by Gasteiger charge is 2.00. The number of hydrogen-bond donors (Lipinski definition) is 2. The van der Waals surface area contributed by atoms with Gasteiger partial charge < -0.3 is 11.1 Å².